The first-order chi connectivity index (χ1) is 8.41. The van der Waals surface area contributed by atoms with Gasteiger partial charge in [0.25, 0.3) is 0 Å². The second kappa shape index (κ2) is 4.91. The van der Waals surface area contributed by atoms with Gasteiger partial charge in [-0.1, -0.05) is 16.8 Å². The Morgan fingerprint density at radius 3 is 2.61 bits per heavy atom. The molecule has 0 bridgehead atoms. The van der Waals surface area contributed by atoms with Crippen molar-refractivity contribution >= 4 is 27.5 Å². The van der Waals surface area contributed by atoms with Crippen LogP contribution >= 0.6 is 27.5 Å². The Morgan fingerprint density at radius 2 is 2.06 bits per heavy atom. The Balaban J connectivity index is 2.53. The summed E-state index contributed by atoms with van der Waals surface area (Å²) in [6.45, 7) is 0. The first-order valence-corrected chi connectivity index (χ1v) is 5.96. The van der Waals surface area contributed by atoms with Crippen molar-refractivity contribution in [3.63, 3.8) is 0 Å². The van der Waals surface area contributed by atoms with E-state index in [1.807, 2.05) is 0 Å². The molecule has 2 aromatic rings. The largest absolute Gasteiger partial charge is 0.382 e. The molecule has 1 aromatic carbocycles. The van der Waals surface area contributed by atoms with Crippen LogP contribution in [0, 0.1) is 11.6 Å². The first kappa shape index (κ1) is 13.4. The van der Waals surface area contributed by atoms with E-state index in [9.17, 15) is 13.9 Å². The molecule has 1 atom stereocenters. The molecule has 8 heteroatoms. The zero-order valence-corrected chi connectivity index (χ0v) is 11.4. The lowest BCUT2D eigenvalue weighted by atomic mass is 10.1. The number of hydrogen-bond donors (Lipinski definition) is 1. The van der Waals surface area contributed by atoms with Gasteiger partial charge in [0, 0.05) is 12.6 Å². The summed E-state index contributed by atoms with van der Waals surface area (Å²) in [6.07, 6.45) is -1.40. The van der Waals surface area contributed by atoms with Gasteiger partial charge in [0.15, 0.2) is 4.60 Å². The van der Waals surface area contributed by atoms with E-state index in [1.165, 1.54) is 11.7 Å². The summed E-state index contributed by atoms with van der Waals surface area (Å²) in [5, 5.41) is 17.0. The highest BCUT2D eigenvalue weighted by atomic mass is 79.9. The molecule has 96 valence electrons. The van der Waals surface area contributed by atoms with E-state index in [1.54, 1.807) is 0 Å². The number of nitrogens with zero attached hydrogens (tertiary/aromatic N) is 3. The summed E-state index contributed by atoms with van der Waals surface area (Å²) in [4.78, 5) is 0. The fourth-order valence-electron chi connectivity index (χ4n) is 1.52. The van der Waals surface area contributed by atoms with E-state index in [0.717, 1.165) is 12.1 Å². The number of halogens is 4. The maximum Gasteiger partial charge on any atom is 0.154 e. The van der Waals surface area contributed by atoms with Crippen molar-refractivity contribution < 1.29 is 13.9 Å². The van der Waals surface area contributed by atoms with Gasteiger partial charge in [0.1, 0.15) is 23.4 Å². The molecule has 0 aliphatic heterocycles. The van der Waals surface area contributed by atoms with E-state index in [-0.39, 0.29) is 20.9 Å². The lowest BCUT2D eigenvalue weighted by Crippen LogP contribution is -2.09. The number of hydrogen-bond acceptors (Lipinski definition) is 3. The summed E-state index contributed by atoms with van der Waals surface area (Å²) in [5.74, 6) is -1.61. The number of aliphatic hydroxyl groups is 1. The Labute approximate surface area is 114 Å². The van der Waals surface area contributed by atoms with Crippen molar-refractivity contribution in [3.8, 4) is 0 Å². The maximum atomic E-state index is 13.7. The van der Waals surface area contributed by atoms with Crippen molar-refractivity contribution in [3.05, 3.63) is 44.7 Å². The zero-order chi connectivity index (χ0) is 13.4. The van der Waals surface area contributed by atoms with Crippen molar-refractivity contribution in [2.75, 3.05) is 0 Å². The summed E-state index contributed by atoms with van der Waals surface area (Å²) in [7, 11) is 1.53. The van der Waals surface area contributed by atoms with Gasteiger partial charge in [0.2, 0.25) is 0 Å². The Bertz CT molecular complexity index is 586. The molecule has 0 aliphatic carbocycles. The Kier molecular flexibility index (Phi) is 3.65. The summed E-state index contributed by atoms with van der Waals surface area (Å²) in [6, 6.07) is 1.66. The van der Waals surface area contributed by atoms with Gasteiger partial charge in [-0.2, -0.15) is 0 Å². The van der Waals surface area contributed by atoms with Crippen molar-refractivity contribution in [2.45, 2.75) is 6.10 Å². The van der Waals surface area contributed by atoms with Crippen LogP contribution in [0.3, 0.4) is 0 Å². The third-order valence-corrected chi connectivity index (χ3v) is 3.27. The summed E-state index contributed by atoms with van der Waals surface area (Å²) < 4.78 is 28.5. The van der Waals surface area contributed by atoms with Crippen LogP contribution in [0.1, 0.15) is 17.4 Å². The SMILES string of the molecule is Cn1nnc(Br)c1C(O)c1cc(F)c(Cl)cc1F. The van der Waals surface area contributed by atoms with Crippen LogP contribution in [0.4, 0.5) is 8.78 Å². The fourth-order valence-corrected chi connectivity index (χ4v) is 2.22. The predicted molar refractivity (Wildman–Crippen MR) is 64.1 cm³/mol. The van der Waals surface area contributed by atoms with Gasteiger partial charge in [0.05, 0.1) is 5.02 Å². The van der Waals surface area contributed by atoms with Gasteiger partial charge >= 0.3 is 0 Å². The van der Waals surface area contributed by atoms with Crippen molar-refractivity contribution in [1.82, 2.24) is 15.0 Å². The van der Waals surface area contributed by atoms with Gasteiger partial charge in [-0.3, -0.25) is 0 Å². The lowest BCUT2D eigenvalue weighted by molar-refractivity contribution is 0.203. The second-order valence-electron chi connectivity index (χ2n) is 3.58. The second-order valence-corrected chi connectivity index (χ2v) is 4.74. The van der Waals surface area contributed by atoms with Gasteiger partial charge in [-0.05, 0) is 28.1 Å². The highest BCUT2D eigenvalue weighted by molar-refractivity contribution is 9.10. The molecule has 1 unspecified atom stereocenters. The van der Waals surface area contributed by atoms with Crippen LogP contribution in [-0.2, 0) is 7.05 Å². The van der Waals surface area contributed by atoms with Crippen LogP contribution in [0.5, 0.6) is 0 Å². The normalized spacial score (nSPS) is 12.8. The highest BCUT2D eigenvalue weighted by Gasteiger charge is 2.23. The number of aromatic nitrogens is 3. The molecule has 4 nitrogen and oxygen atoms in total. The van der Waals surface area contributed by atoms with Gasteiger partial charge < -0.3 is 5.11 Å². The molecular formula is C10H7BrClF2N3O. The van der Waals surface area contributed by atoms with Crippen LogP contribution in [-0.4, -0.2) is 20.1 Å². The van der Waals surface area contributed by atoms with E-state index < -0.39 is 17.7 Å². The van der Waals surface area contributed by atoms with Crippen LogP contribution in [0.2, 0.25) is 5.02 Å². The lowest BCUT2D eigenvalue weighted by Gasteiger charge is -2.12. The molecule has 0 aliphatic rings. The van der Waals surface area contributed by atoms with E-state index in [0.29, 0.717) is 0 Å². The quantitative estimate of drug-likeness (QED) is 0.856. The molecule has 0 amide bonds. The minimum atomic E-state index is -1.40. The number of aryl methyl sites for hydroxylation is 1. The standard InChI is InChI=1S/C10H7BrClF2N3O/c1-17-8(10(11)15-16-17)9(18)4-2-7(14)5(12)3-6(4)13/h2-3,9,18H,1H3. The number of rotatable bonds is 2. The maximum absolute atomic E-state index is 13.7. The monoisotopic (exact) mass is 337 g/mol. The molecule has 0 fully saturated rings. The molecule has 0 saturated heterocycles. The third kappa shape index (κ3) is 2.25. The molecule has 2 rings (SSSR count). The zero-order valence-electron chi connectivity index (χ0n) is 9.03. The van der Waals surface area contributed by atoms with Crippen molar-refractivity contribution in [1.29, 1.82) is 0 Å². The molecule has 18 heavy (non-hydrogen) atoms. The van der Waals surface area contributed by atoms with E-state index in [4.69, 9.17) is 11.6 Å². The van der Waals surface area contributed by atoms with Crippen LogP contribution in [0.15, 0.2) is 16.7 Å². The number of aliphatic hydroxyl groups excluding tert-OH is 1. The minimum Gasteiger partial charge on any atom is -0.382 e. The van der Waals surface area contributed by atoms with Gasteiger partial charge in [-0.25, -0.2) is 13.5 Å². The van der Waals surface area contributed by atoms with Gasteiger partial charge in [-0.15, -0.1) is 5.10 Å². The topological polar surface area (TPSA) is 50.9 Å². The Hall–Kier alpha value is -1.05. The third-order valence-electron chi connectivity index (χ3n) is 2.42. The molecular weight excluding hydrogens is 331 g/mol. The summed E-state index contributed by atoms with van der Waals surface area (Å²) >= 11 is 8.52. The van der Waals surface area contributed by atoms with Crippen molar-refractivity contribution in [2.24, 2.45) is 7.05 Å². The average molecular weight is 339 g/mol. The average Bonchev–Trinajstić information content (AvgIpc) is 2.63. The molecule has 1 aromatic heterocycles. The molecule has 0 saturated carbocycles. The smallest absolute Gasteiger partial charge is 0.154 e. The minimum absolute atomic E-state index is 0.218. The first-order valence-electron chi connectivity index (χ1n) is 4.79. The fraction of sp³-hybridized carbons (Fsp3) is 0.200. The molecule has 1 N–H and O–H groups in total. The predicted octanol–water partition coefficient (Wildman–Crippen LogP) is 2.59. The molecule has 0 spiro atoms. The van der Waals surface area contributed by atoms with E-state index in [2.05, 4.69) is 26.2 Å². The molecule has 0 radical (unpaired) electrons. The summed E-state index contributed by atoms with van der Waals surface area (Å²) in [5.41, 5.74) is -0.0152. The molecule has 1 heterocycles. The number of benzene rings is 1. The van der Waals surface area contributed by atoms with Crippen LogP contribution in [0.25, 0.3) is 0 Å². The Morgan fingerprint density at radius 1 is 1.39 bits per heavy atom. The van der Waals surface area contributed by atoms with E-state index >= 15 is 0 Å². The van der Waals surface area contributed by atoms with Crippen LogP contribution < -0.4 is 0 Å². The highest BCUT2D eigenvalue weighted by Crippen LogP contribution is 2.30.